The van der Waals surface area contributed by atoms with E-state index in [-0.39, 0.29) is 18.7 Å². The SMILES string of the molecule is CCn1nc(C)c(Br)c1C(=O)Nc1cnn(C(CC(=O)OC)CC(=O)OC)c1. The van der Waals surface area contributed by atoms with E-state index in [1.165, 1.54) is 25.1 Å². The van der Waals surface area contributed by atoms with E-state index in [0.29, 0.717) is 28.1 Å². The van der Waals surface area contributed by atoms with Crippen molar-refractivity contribution in [2.75, 3.05) is 19.5 Å². The van der Waals surface area contributed by atoms with E-state index in [9.17, 15) is 14.4 Å². The highest BCUT2D eigenvalue weighted by Gasteiger charge is 2.23. The molecule has 152 valence electrons. The van der Waals surface area contributed by atoms with Crippen LogP contribution in [0.15, 0.2) is 16.9 Å². The quantitative estimate of drug-likeness (QED) is 0.605. The first kappa shape index (κ1) is 21.6. The van der Waals surface area contributed by atoms with Crippen LogP contribution in [0, 0.1) is 6.92 Å². The summed E-state index contributed by atoms with van der Waals surface area (Å²) < 4.78 is 13.0. The van der Waals surface area contributed by atoms with Gasteiger partial charge in [-0.05, 0) is 29.8 Å². The van der Waals surface area contributed by atoms with Gasteiger partial charge in [-0.25, -0.2) is 0 Å². The van der Waals surface area contributed by atoms with E-state index in [0.717, 1.165) is 0 Å². The normalized spacial score (nSPS) is 10.8. The molecule has 0 saturated carbocycles. The number of aromatic nitrogens is 4. The molecule has 0 aliphatic rings. The van der Waals surface area contributed by atoms with Gasteiger partial charge in [0.15, 0.2) is 0 Å². The van der Waals surface area contributed by atoms with Crippen molar-refractivity contribution in [2.24, 2.45) is 0 Å². The number of ether oxygens (including phenoxy) is 2. The van der Waals surface area contributed by atoms with Crippen LogP contribution in [0.1, 0.15) is 42.0 Å². The molecule has 0 fully saturated rings. The molecule has 0 spiro atoms. The van der Waals surface area contributed by atoms with Crippen molar-refractivity contribution in [3.05, 3.63) is 28.3 Å². The zero-order chi connectivity index (χ0) is 20.8. The smallest absolute Gasteiger partial charge is 0.307 e. The molecule has 11 heteroatoms. The van der Waals surface area contributed by atoms with Crippen LogP contribution < -0.4 is 5.32 Å². The standard InChI is InChI=1S/C17H22BrN5O5/c1-5-22-16(15(18)10(2)21-22)17(26)20-11-8-19-23(9-11)12(6-13(24)27-3)7-14(25)28-4/h8-9,12H,5-7H2,1-4H3,(H,20,26). The third kappa shape index (κ3) is 4.97. The Balaban J connectivity index is 2.20. The number of nitrogens with zero attached hydrogens (tertiary/aromatic N) is 4. The molecule has 0 radical (unpaired) electrons. The van der Waals surface area contributed by atoms with Crippen LogP contribution in [0.4, 0.5) is 5.69 Å². The van der Waals surface area contributed by atoms with E-state index in [1.54, 1.807) is 17.8 Å². The van der Waals surface area contributed by atoms with E-state index >= 15 is 0 Å². The number of nitrogens with one attached hydrogen (secondary N) is 1. The van der Waals surface area contributed by atoms with Crippen LogP contribution in [0.2, 0.25) is 0 Å². The Hall–Kier alpha value is -2.69. The van der Waals surface area contributed by atoms with Gasteiger partial charge in [0.2, 0.25) is 0 Å². The minimum absolute atomic E-state index is 0.0615. The largest absolute Gasteiger partial charge is 0.469 e. The van der Waals surface area contributed by atoms with Gasteiger partial charge in [0.05, 0.1) is 55.2 Å². The summed E-state index contributed by atoms with van der Waals surface area (Å²) in [6.07, 6.45) is 2.86. The zero-order valence-electron chi connectivity index (χ0n) is 16.1. The molecule has 0 aliphatic heterocycles. The van der Waals surface area contributed by atoms with Gasteiger partial charge in [0.25, 0.3) is 5.91 Å². The average Bonchev–Trinajstić information content (AvgIpc) is 3.25. The number of methoxy groups -OCH3 is 2. The van der Waals surface area contributed by atoms with Crippen LogP contribution in [-0.4, -0.2) is 51.6 Å². The Morgan fingerprint density at radius 1 is 1.21 bits per heavy atom. The summed E-state index contributed by atoms with van der Waals surface area (Å²) in [4.78, 5) is 36.0. The number of hydrogen-bond donors (Lipinski definition) is 1. The molecule has 0 aromatic carbocycles. The predicted octanol–water partition coefficient (Wildman–Crippen LogP) is 2.09. The molecule has 0 aliphatic carbocycles. The van der Waals surface area contributed by atoms with E-state index in [1.807, 2.05) is 6.92 Å². The number of anilines is 1. The third-order valence-electron chi connectivity index (χ3n) is 4.06. The van der Waals surface area contributed by atoms with Crippen LogP contribution in [0.5, 0.6) is 0 Å². The highest BCUT2D eigenvalue weighted by molar-refractivity contribution is 9.10. The maximum atomic E-state index is 12.7. The van der Waals surface area contributed by atoms with Gasteiger partial charge in [0.1, 0.15) is 5.69 Å². The molecule has 2 heterocycles. The van der Waals surface area contributed by atoms with Crippen molar-refractivity contribution < 1.29 is 23.9 Å². The maximum Gasteiger partial charge on any atom is 0.307 e. The summed E-state index contributed by atoms with van der Waals surface area (Å²) in [6, 6.07) is -0.597. The van der Waals surface area contributed by atoms with E-state index < -0.39 is 18.0 Å². The molecule has 10 nitrogen and oxygen atoms in total. The molecule has 2 aromatic rings. The van der Waals surface area contributed by atoms with Crippen LogP contribution in [0.3, 0.4) is 0 Å². The van der Waals surface area contributed by atoms with Gasteiger partial charge in [-0.2, -0.15) is 10.2 Å². The lowest BCUT2D eigenvalue weighted by molar-refractivity contribution is -0.144. The Kier molecular flexibility index (Phi) is 7.32. The number of hydrogen-bond acceptors (Lipinski definition) is 7. The zero-order valence-corrected chi connectivity index (χ0v) is 17.6. The van der Waals surface area contributed by atoms with Crippen molar-refractivity contribution in [1.29, 1.82) is 0 Å². The van der Waals surface area contributed by atoms with Gasteiger partial charge < -0.3 is 14.8 Å². The molecule has 1 amide bonds. The lowest BCUT2D eigenvalue weighted by Crippen LogP contribution is -2.20. The molecular formula is C17H22BrN5O5. The molecule has 0 saturated heterocycles. The van der Waals surface area contributed by atoms with E-state index in [2.05, 4.69) is 40.9 Å². The number of carbonyl (C=O) groups excluding carboxylic acids is 3. The van der Waals surface area contributed by atoms with Gasteiger partial charge in [0, 0.05) is 12.7 Å². The van der Waals surface area contributed by atoms with Crippen LogP contribution >= 0.6 is 15.9 Å². The summed E-state index contributed by atoms with van der Waals surface area (Å²) >= 11 is 3.39. The van der Waals surface area contributed by atoms with Crippen molar-refractivity contribution in [1.82, 2.24) is 19.6 Å². The van der Waals surface area contributed by atoms with Gasteiger partial charge in [-0.3, -0.25) is 23.7 Å². The average molecular weight is 456 g/mol. The Morgan fingerprint density at radius 3 is 2.36 bits per heavy atom. The van der Waals surface area contributed by atoms with Crippen molar-refractivity contribution in [3.8, 4) is 0 Å². The van der Waals surface area contributed by atoms with Crippen LogP contribution in [0.25, 0.3) is 0 Å². The molecule has 0 atom stereocenters. The lowest BCUT2D eigenvalue weighted by Gasteiger charge is -2.15. The number of halogens is 1. The van der Waals surface area contributed by atoms with E-state index in [4.69, 9.17) is 0 Å². The minimum atomic E-state index is -0.597. The summed E-state index contributed by atoms with van der Waals surface area (Å²) in [7, 11) is 2.53. The van der Waals surface area contributed by atoms with Crippen molar-refractivity contribution >= 4 is 39.5 Å². The number of rotatable bonds is 8. The first-order chi connectivity index (χ1) is 13.3. The topological polar surface area (TPSA) is 117 Å². The highest BCUT2D eigenvalue weighted by atomic mass is 79.9. The first-order valence-electron chi connectivity index (χ1n) is 8.52. The second-order valence-electron chi connectivity index (χ2n) is 5.94. The summed E-state index contributed by atoms with van der Waals surface area (Å²) in [5.41, 5.74) is 1.52. The van der Waals surface area contributed by atoms with Gasteiger partial charge in [-0.15, -0.1) is 0 Å². The summed E-state index contributed by atoms with van der Waals surface area (Å²) in [6.45, 7) is 4.22. The Bertz CT molecular complexity index is 857. The molecule has 0 unspecified atom stereocenters. The maximum absolute atomic E-state index is 12.7. The fourth-order valence-corrected chi connectivity index (χ4v) is 3.07. The number of amides is 1. The second-order valence-corrected chi connectivity index (χ2v) is 6.73. The summed E-state index contributed by atoms with van der Waals surface area (Å²) in [5.74, 6) is -1.33. The monoisotopic (exact) mass is 455 g/mol. The molecule has 2 aromatic heterocycles. The number of aryl methyl sites for hydroxylation is 2. The molecule has 2 rings (SSSR count). The number of carbonyl (C=O) groups is 3. The fraction of sp³-hybridized carbons (Fsp3) is 0.471. The van der Waals surface area contributed by atoms with Crippen LogP contribution in [-0.2, 0) is 25.6 Å². The highest BCUT2D eigenvalue weighted by Crippen LogP contribution is 2.23. The summed E-state index contributed by atoms with van der Waals surface area (Å²) in [5, 5.41) is 11.2. The second kappa shape index (κ2) is 9.49. The predicted molar refractivity (Wildman–Crippen MR) is 103 cm³/mol. The Labute approximate surface area is 170 Å². The van der Waals surface area contributed by atoms with Crippen molar-refractivity contribution in [2.45, 2.75) is 39.3 Å². The lowest BCUT2D eigenvalue weighted by atomic mass is 10.1. The van der Waals surface area contributed by atoms with Gasteiger partial charge in [-0.1, -0.05) is 0 Å². The fourth-order valence-electron chi connectivity index (χ4n) is 2.61. The van der Waals surface area contributed by atoms with Crippen molar-refractivity contribution in [3.63, 3.8) is 0 Å². The molecular weight excluding hydrogens is 434 g/mol. The number of esters is 2. The first-order valence-corrected chi connectivity index (χ1v) is 9.32. The Morgan fingerprint density at radius 2 is 1.82 bits per heavy atom. The molecule has 1 N–H and O–H groups in total. The third-order valence-corrected chi connectivity index (χ3v) is 5.01. The molecule has 0 bridgehead atoms. The van der Waals surface area contributed by atoms with Gasteiger partial charge >= 0.3 is 11.9 Å². The minimum Gasteiger partial charge on any atom is -0.469 e. The molecule has 28 heavy (non-hydrogen) atoms.